The van der Waals surface area contributed by atoms with E-state index in [2.05, 4.69) is 16.0 Å². The SMILES string of the molecule is N#CC(=Cc1cn(Cc2ccccc2Cl)c2ccccc12)C(=O)NC1CCCCC1. The second kappa shape index (κ2) is 9.19. The molecule has 1 aromatic heterocycles. The lowest BCUT2D eigenvalue weighted by Crippen LogP contribution is -2.36. The fraction of sp³-hybridized carbons (Fsp3) is 0.280. The van der Waals surface area contributed by atoms with E-state index in [0.717, 1.165) is 52.7 Å². The normalized spacial score (nSPS) is 15.1. The average Bonchev–Trinajstić information content (AvgIpc) is 3.11. The molecule has 0 bridgehead atoms. The van der Waals surface area contributed by atoms with Crippen LogP contribution in [0.4, 0.5) is 0 Å². The van der Waals surface area contributed by atoms with E-state index in [1.54, 1.807) is 6.08 Å². The van der Waals surface area contributed by atoms with E-state index in [9.17, 15) is 10.1 Å². The molecule has 30 heavy (non-hydrogen) atoms. The van der Waals surface area contributed by atoms with Gasteiger partial charge in [0, 0.05) is 40.3 Å². The maximum absolute atomic E-state index is 12.7. The summed E-state index contributed by atoms with van der Waals surface area (Å²) in [6, 6.07) is 18.0. The van der Waals surface area contributed by atoms with Gasteiger partial charge in [-0.3, -0.25) is 4.79 Å². The molecule has 1 heterocycles. The Bertz CT molecular complexity index is 1130. The van der Waals surface area contributed by atoms with Crippen molar-refractivity contribution >= 4 is 34.5 Å². The van der Waals surface area contributed by atoms with Gasteiger partial charge in [-0.15, -0.1) is 0 Å². The molecule has 5 heteroatoms. The first-order valence-electron chi connectivity index (χ1n) is 10.4. The zero-order chi connectivity index (χ0) is 20.9. The summed E-state index contributed by atoms with van der Waals surface area (Å²) in [7, 11) is 0. The summed E-state index contributed by atoms with van der Waals surface area (Å²) < 4.78 is 2.11. The van der Waals surface area contributed by atoms with Gasteiger partial charge in [0.25, 0.3) is 5.91 Å². The fourth-order valence-corrected chi connectivity index (χ4v) is 4.34. The first-order chi connectivity index (χ1) is 14.7. The topological polar surface area (TPSA) is 57.8 Å². The van der Waals surface area contributed by atoms with Crippen LogP contribution in [-0.2, 0) is 11.3 Å². The van der Waals surface area contributed by atoms with Gasteiger partial charge in [0.05, 0.1) is 0 Å². The lowest BCUT2D eigenvalue weighted by molar-refractivity contribution is -0.117. The van der Waals surface area contributed by atoms with Crippen LogP contribution >= 0.6 is 11.6 Å². The fourth-order valence-electron chi connectivity index (χ4n) is 4.15. The molecule has 4 rings (SSSR count). The van der Waals surface area contributed by atoms with Gasteiger partial charge in [-0.1, -0.05) is 67.3 Å². The highest BCUT2D eigenvalue weighted by Crippen LogP contribution is 2.26. The number of para-hydroxylation sites is 1. The number of carbonyl (C=O) groups excluding carboxylic acids is 1. The van der Waals surface area contributed by atoms with Crippen molar-refractivity contribution in [3.8, 4) is 6.07 Å². The van der Waals surface area contributed by atoms with Gasteiger partial charge >= 0.3 is 0 Å². The van der Waals surface area contributed by atoms with Gasteiger partial charge < -0.3 is 9.88 Å². The van der Waals surface area contributed by atoms with Gasteiger partial charge in [-0.05, 0) is 36.6 Å². The lowest BCUT2D eigenvalue weighted by atomic mass is 9.95. The third kappa shape index (κ3) is 4.42. The summed E-state index contributed by atoms with van der Waals surface area (Å²) in [4.78, 5) is 12.7. The Morgan fingerprint density at radius 2 is 1.87 bits per heavy atom. The van der Waals surface area contributed by atoms with Crippen molar-refractivity contribution in [2.45, 2.75) is 44.7 Å². The monoisotopic (exact) mass is 417 g/mol. The van der Waals surface area contributed by atoms with Crippen molar-refractivity contribution in [1.29, 1.82) is 5.26 Å². The number of hydrogen-bond donors (Lipinski definition) is 1. The van der Waals surface area contributed by atoms with Gasteiger partial charge in [-0.2, -0.15) is 5.26 Å². The summed E-state index contributed by atoms with van der Waals surface area (Å²) in [6.45, 7) is 0.615. The highest BCUT2D eigenvalue weighted by molar-refractivity contribution is 6.31. The van der Waals surface area contributed by atoms with Gasteiger partial charge in [0.15, 0.2) is 0 Å². The number of fused-ring (bicyclic) bond motifs is 1. The number of nitriles is 1. The summed E-state index contributed by atoms with van der Waals surface area (Å²) in [5, 5.41) is 14.4. The third-order valence-electron chi connectivity index (χ3n) is 5.72. The van der Waals surface area contributed by atoms with Crippen LogP contribution in [0.25, 0.3) is 17.0 Å². The van der Waals surface area contributed by atoms with E-state index >= 15 is 0 Å². The number of hydrogen-bond acceptors (Lipinski definition) is 2. The molecule has 1 saturated carbocycles. The summed E-state index contributed by atoms with van der Waals surface area (Å²) in [6.07, 6.45) is 9.14. The van der Waals surface area contributed by atoms with E-state index < -0.39 is 0 Å². The van der Waals surface area contributed by atoms with Gasteiger partial charge in [-0.25, -0.2) is 0 Å². The Labute approximate surface area is 181 Å². The van der Waals surface area contributed by atoms with Crippen LogP contribution in [0.5, 0.6) is 0 Å². The molecule has 0 aliphatic heterocycles. The van der Waals surface area contributed by atoms with Crippen LogP contribution in [0.1, 0.15) is 43.2 Å². The number of nitrogens with zero attached hydrogens (tertiary/aromatic N) is 2. The maximum atomic E-state index is 12.7. The summed E-state index contributed by atoms with van der Waals surface area (Å²) >= 11 is 6.35. The largest absolute Gasteiger partial charge is 0.349 e. The molecule has 2 aromatic carbocycles. The van der Waals surface area contributed by atoms with Crippen molar-refractivity contribution in [2.75, 3.05) is 0 Å². The van der Waals surface area contributed by atoms with Crippen LogP contribution in [-0.4, -0.2) is 16.5 Å². The Kier molecular flexibility index (Phi) is 6.21. The van der Waals surface area contributed by atoms with Gasteiger partial charge in [0.1, 0.15) is 11.6 Å². The second-order valence-electron chi connectivity index (χ2n) is 7.80. The second-order valence-corrected chi connectivity index (χ2v) is 8.21. The smallest absolute Gasteiger partial charge is 0.262 e. The number of benzene rings is 2. The lowest BCUT2D eigenvalue weighted by Gasteiger charge is -2.22. The highest BCUT2D eigenvalue weighted by Gasteiger charge is 2.19. The van der Waals surface area contributed by atoms with Crippen LogP contribution in [0, 0.1) is 11.3 Å². The van der Waals surface area contributed by atoms with Crippen LogP contribution < -0.4 is 5.32 Å². The minimum absolute atomic E-state index is 0.140. The highest BCUT2D eigenvalue weighted by atomic mass is 35.5. The number of nitrogens with one attached hydrogen (secondary N) is 1. The molecule has 1 amide bonds. The minimum atomic E-state index is -0.285. The number of amides is 1. The molecule has 3 aromatic rings. The van der Waals surface area contributed by atoms with Crippen molar-refractivity contribution in [3.05, 3.63) is 76.5 Å². The van der Waals surface area contributed by atoms with Crippen molar-refractivity contribution < 1.29 is 4.79 Å². The maximum Gasteiger partial charge on any atom is 0.262 e. The zero-order valence-electron chi connectivity index (χ0n) is 16.8. The third-order valence-corrected chi connectivity index (χ3v) is 6.09. The first kappa shape index (κ1) is 20.3. The minimum Gasteiger partial charge on any atom is -0.349 e. The van der Waals surface area contributed by atoms with Crippen LogP contribution in [0.3, 0.4) is 0 Å². The molecule has 0 radical (unpaired) electrons. The molecule has 1 aliphatic carbocycles. The summed E-state index contributed by atoms with van der Waals surface area (Å²) in [5.74, 6) is -0.285. The molecule has 0 unspecified atom stereocenters. The molecule has 0 atom stereocenters. The predicted octanol–water partition coefficient (Wildman–Crippen LogP) is 5.70. The average molecular weight is 418 g/mol. The molecule has 1 aliphatic rings. The van der Waals surface area contributed by atoms with Gasteiger partial charge in [0.2, 0.25) is 0 Å². The Balaban J connectivity index is 1.65. The van der Waals surface area contributed by atoms with E-state index in [4.69, 9.17) is 11.6 Å². The van der Waals surface area contributed by atoms with Crippen LogP contribution in [0.15, 0.2) is 60.3 Å². The molecular formula is C25H24ClN3O. The summed E-state index contributed by atoms with van der Waals surface area (Å²) in [5.41, 5.74) is 3.05. The zero-order valence-corrected chi connectivity index (χ0v) is 17.5. The van der Waals surface area contributed by atoms with E-state index in [1.807, 2.05) is 54.7 Å². The van der Waals surface area contributed by atoms with E-state index in [1.165, 1.54) is 6.42 Å². The van der Waals surface area contributed by atoms with E-state index in [0.29, 0.717) is 6.54 Å². The number of halogens is 1. The Morgan fingerprint density at radius 3 is 2.63 bits per heavy atom. The van der Waals surface area contributed by atoms with Crippen molar-refractivity contribution in [1.82, 2.24) is 9.88 Å². The number of rotatable bonds is 5. The Hall–Kier alpha value is -3.03. The van der Waals surface area contributed by atoms with Crippen LogP contribution in [0.2, 0.25) is 5.02 Å². The molecule has 0 spiro atoms. The molecular weight excluding hydrogens is 394 g/mol. The van der Waals surface area contributed by atoms with Crippen molar-refractivity contribution in [3.63, 3.8) is 0 Å². The predicted molar refractivity (Wildman–Crippen MR) is 121 cm³/mol. The molecule has 1 fully saturated rings. The molecule has 152 valence electrons. The first-order valence-corrected chi connectivity index (χ1v) is 10.8. The number of carbonyl (C=O) groups is 1. The molecule has 0 saturated heterocycles. The Morgan fingerprint density at radius 1 is 1.13 bits per heavy atom. The number of aromatic nitrogens is 1. The van der Waals surface area contributed by atoms with E-state index in [-0.39, 0.29) is 17.5 Å². The standard InChI is InChI=1S/C25H24ClN3O/c26-23-12-6-4-8-18(23)16-29-17-20(22-11-5-7-13-24(22)29)14-19(15-27)25(30)28-21-9-2-1-3-10-21/h4-8,11-14,17,21H,1-3,9-10,16H2,(H,28,30). The molecule has 4 nitrogen and oxygen atoms in total. The van der Waals surface area contributed by atoms with Crippen molar-refractivity contribution in [2.24, 2.45) is 0 Å². The molecule has 1 N–H and O–H groups in total. The quantitative estimate of drug-likeness (QED) is 0.427.